The maximum absolute atomic E-state index is 13.0. The van der Waals surface area contributed by atoms with E-state index in [-0.39, 0.29) is 11.7 Å². The van der Waals surface area contributed by atoms with Crippen LogP contribution in [0.15, 0.2) is 24.3 Å². The van der Waals surface area contributed by atoms with E-state index in [2.05, 4.69) is 10.2 Å². The Morgan fingerprint density at radius 3 is 2.46 bits per heavy atom. The highest BCUT2D eigenvalue weighted by Crippen LogP contribution is 2.34. The lowest BCUT2D eigenvalue weighted by Crippen LogP contribution is -2.53. The van der Waals surface area contributed by atoms with Gasteiger partial charge in [0.05, 0.1) is 17.9 Å². The molecule has 0 saturated carbocycles. The minimum Gasteiger partial charge on any atom is -0.383 e. The van der Waals surface area contributed by atoms with E-state index >= 15 is 0 Å². The van der Waals surface area contributed by atoms with E-state index in [1.54, 1.807) is 7.11 Å². The Balaban J connectivity index is 1.95. The molecule has 1 aliphatic rings. The molecule has 2 amide bonds. The number of carbonyl (C=O) groups is 1. The number of nitrogens with one attached hydrogen (secondary N) is 1. The van der Waals surface area contributed by atoms with Gasteiger partial charge in [0.25, 0.3) is 0 Å². The summed E-state index contributed by atoms with van der Waals surface area (Å²) in [5.41, 5.74) is -1.06. The summed E-state index contributed by atoms with van der Waals surface area (Å²) in [7, 11) is 1.64. The lowest BCUT2D eigenvalue weighted by molar-refractivity contribution is -0.136. The minimum atomic E-state index is -4.50. The number of urea groups is 1. The summed E-state index contributed by atoms with van der Waals surface area (Å²) < 4.78 is 44.0. The van der Waals surface area contributed by atoms with Gasteiger partial charge in [0, 0.05) is 39.3 Å². The molecule has 1 saturated heterocycles. The summed E-state index contributed by atoms with van der Waals surface area (Å²) >= 11 is 0. The normalized spacial score (nSPS) is 17.6. The standard InChI is InChI=1S/C16H22F3N3O2/c1-12(11-24-2)21-7-9-22(10-8-21)15(23)20-14-6-4-3-5-13(14)16(17,18)19/h3-6,12H,7-11H2,1-2H3,(H,20,23)/t12-/m1/s1. The van der Waals surface area contributed by atoms with Crippen LogP contribution >= 0.6 is 0 Å². The second-order valence-electron chi connectivity index (χ2n) is 5.80. The average Bonchev–Trinajstić information content (AvgIpc) is 2.54. The van der Waals surface area contributed by atoms with Crippen molar-refractivity contribution in [2.45, 2.75) is 19.1 Å². The van der Waals surface area contributed by atoms with E-state index in [1.165, 1.54) is 23.1 Å². The van der Waals surface area contributed by atoms with Crippen molar-refractivity contribution in [2.24, 2.45) is 0 Å². The molecule has 0 bridgehead atoms. The Kier molecular flexibility index (Phi) is 6.06. The minimum absolute atomic E-state index is 0.217. The molecule has 1 heterocycles. The molecule has 5 nitrogen and oxygen atoms in total. The largest absolute Gasteiger partial charge is 0.418 e. The van der Waals surface area contributed by atoms with Crippen LogP contribution in [0.25, 0.3) is 0 Å². The van der Waals surface area contributed by atoms with Gasteiger partial charge < -0.3 is 15.0 Å². The zero-order valence-electron chi connectivity index (χ0n) is 13.8. The summed E-state index contributed by atoms with van der Waals surface area (Å²) in [4.78, 5) is 16.0. The number of amides is 2. The second-order valence-corrected chi connectivity index (χ2v) is 5.80. The number of piperazine rings is 1. The number of halogens is 3. The van der Waals surface area contributed by atoms with Crippen molar-refractivity contribution in [1.29, 1.82) is 0 Å². The lowest BCUT2D eigenvalue weighted by Gasteiger charge is -2.37. The smallest absolute Gasteiger partial charge is 0.383 e. The van der Waals surface area contributed by atoms with Crippen LogP contribution in [0.4, 0.5) is 23.7 Å². The number of para-hydroxylation sites is 1. The van der Waals surface area contributed by atoms with Crippen LogP contribution in [0, 0.1) is 0 Å². The first kappa shape index (κ1) is 18.5. The van der Waals surface area contributed by atoms with Crippen LogP contribution in [-0.2, 0) is 10.9 Å². The molecule has 1 atom stereocenters. The molecule has 1 aromatic carbocycles. The van der Waals surface area contributed by atoms with E-state index in [4.69, 9.17) is 4.74 Å². The van der Waals surface area contributed by atoms with E-state index in [0.717, 1.165) is 6.07 Å². The fourth-order valence-electron chi connectivity index (χ4n) is 2.75. The highest BCUT2D eigenvalue weighted by molar-refractivity contribution is 5.90. The van der Waals surface area contributed by atoms with Gasteiger partial charge in [-0.05, 0) is 19.1 Å². The van der Waals surface area contributed by atoms with Gasteiger partial charge in [-0.1, -0.05) is 12.1 Å². The maximum Gasteiger partial charge on any atom is 0.418 e. The monoisotopic (exact) mass is 345 g/mol. The Morgan fingerprint density at radius 2 is 1.88 bits per heavy atom. The fraction of sp³-hybridized carbons (Fsp3) is 0.562. The van der Waals surface area contributed by atoms with Gasteiger partial charge in [0.2, 0.25) is 0 Å². The summed E-state index contributed by atoms with van der Waals surface area (Å²) in [6, 6.07) is 4.72. The molecule has 1 aromatic rings. The number of rotatable bonds is 4. The molecule has 134 valence electrons. The molecule has 0 radical (unpaired) electrons. The molecule has 8 heteroatoms. The number of anilines is 1. The van der Waals surface area contributed by atoms with Crippen LogP contribution < -0.4 is 5.32 Å². The molecule has 1 aliphatic heterocycles. The van der Waals surface area contributed by atoms with Gasteiger partial charge in [-0.25, -0.2) is 4.79 Å². The number of carbonyl (C=O) groups excluding carboxylic acids is 1. The summed E-state index contributed by atoms with van der Waals surface area (Å²) in [6.45, 7) is 4.91. The number of benzene rings is 1. The van der Waals surface area contributed by atoms with Crippen molar-refractivity contribution in [3.63, 3.8) is 0 Å². The van der Waals surface area contributed by atoms with Crippen molar-refractivity contribution in [3.8, 4) is 0 Å². The number of alkyl halides is 3. The van der Waals surface area contributed by atoms with Gasteiger partial charge in [0.15, 0.2) is 0 Å². The topological polar surface area (TPSA) is 44.8 Å². The zero-order valence-corrected chi connectivity index (χ0v) is 13.8. The van der Waals surface area contributed by atoms with Gasteiger partial charge in [-0.3, -0.25) is 4.90 Å². The first-order chi connectivity index (χ1) is 11.3. The Bertz CT molecular complexity index is 558. The van der Waals surface area contributed by atoms with Crippen LogP contribution in [0.1, 0.15) is 12.5 Å². The lowest BCUT2D eigenvalue weighted by atomic mass is 10.1. The summed E-state index contributed by atoms with van der Waals surface area (Å²) in [5, 5.41) is 2.38. The molecular weight excluding hydrogens is 323 g/mol. The number of methoxy groups -OCH3 is 1. The summed E-state index contributed by atoms with van der Waals surface area (Å²) in [5.74, 6) is 0. The highest BCUT2D eigenvalue weighted by atomic mass is 19.4. The first-order valence-electron chi connectivity index (χ1n) is 7.78. The van der Waals surface area contributed by atoms with Gasteiger partial charge in [0.1, 0.15) is 0 Å². The van der Waals surface area contributed by atoms with Gasteiger partial charge >= 0.3 is 12.2 Å². The Labute approximate surface area is 139 Å². The van der Waals surface area contributed by atoms with E-state index in [9.17, 15) is 18.0 Å². The Hall–Kier alpha value is -1.80. The average molecular weight is 345 g/mol. The van der Waals surface area contributed by atoms with Crippen molar-refractivity contribution < 1.29 is 22.7 Å². The van der Waals surface area contributed by atoms with Crippen molar-refractivity contribution in [2.75, 3.05) is 45.2 Å². The fourth-order valence-corrected chi connectivity index (χ4v) is 2.75. The van der Waals surface area contributed by atoms with Gasteiger partial charge in [-0.2, -0.15) is 13.2 Å². The first-order valence-corrected chi connectivity index (χ1v) is 7.78. The third-order valence-electron chi connectivity index (χ3n) is 4.11. The second kappa shape index (κ2) is 7.85. The highest BCUT2D eigenvalue weighted by Gasteiger charge is 2.34. The molecule has 2 rings (SSSR count). The van der Waals surface area contributed by atoms with Crippen LogP contribution in [-0.4, -0.2) is 61.8 Å². The maximum atomic E-state index is 13.0. The van der Waals surface area contributed by atoms with Crippen molar-refractivity contribution in [1.82, 2.24) is 9.80 Å². The number of hydrogen-bond donors (Lipinski definition) is 1. The zero-order chi connectivity index (χ0) is 17.7. The van der Waals surface area contributed by atoms with Crippen LogP contribution in [0.2, 0.25) is 0 Å². The SMILES string of the molecule is COC[C@@H](C)N1CCN(C(=O)Nc2ccccc2C(F)(F)F)CC1. The number of ether oxygens (including phenoxy) is 1. The van der Waals surface area contributed by atoms with Crippen LogP contribution in [0.3, 0.4) is 0 Å². The third-order valence-corrected chi connectivity index (χ3v) is 4.11. The molecule has 0 spiro atoms. The molecule has 0 aromatic heterocycles. The van der Waals surface area contributed by atoms with E-state index < -0.39 is 17.8 Å². The van der Waals surface area contributed by atoms with Crippen molar-refractivity contribution >= 4 is 11.7 Å². The number of hydrogen-bond acceptors (Lipinski definition) is 3. The van der Waals surface area contributed by atoms with E-state index in [0.29, 0.717) is 32.8 Å². The predicted molar refractivity (Wildman–Crippen MR) is 84.9 cm³/mol. The van der Waals surface area contributed by atoms with Gasteiger partial charge in [-0.15, -0.1) is 0 Å². The molecular formula is C16H22F3N3O2. The Morgan fingerprint density at radius 1 is 1.25 bits per heavy atom. The molecule has 24 heavy (non-hydrogen) atoms. The molecule has 1 N–H and O–H groups in total. The quantitative estimate of drug-likeness (QED) is 0.913. The van der Waals surface area contributed by atoms with Crippen molar-refractivity contribution in [3.05, 3.63) is 29.8 Å². The summed E-state index contributed by atoms with van der Waals surface area (Å²) in [6.07, 6.45) is -4.50. The molecule has 0 unspecified atom stereocenters. The number of nitrogens with zero attached hydrogens (tertiary/aromatic N) is 2. The molecule has 1 fully saturated rings. The van der Waals surface area contributed by atoms with E-state index in [1.807, 2.05) is 6.92 Å². The van der Waals surface area contributed by atoms with Crippen LogP contribution in [0.5, 0.6) is 0 Å². The molecule has 0 aliphatic carbocycles. The predicted octanol–water partition coefficient (Wildman–Crippen LogP) is 2.89. The third kappa shape index (κ3) is 4.61.